The highest BCUT2D eigenvalue weighted by Crippen LogP contribution is 2.35. The van der Waals surface area contributed by atoms with Gasteiger partial charge in [-0.25, -0.2) is 4.90 Å². The Bertz CT molecular complexity index is 905. The smallest absolute Gasteiger partial charge is 0.277 e. The number of halogens is 2. The normalized spacial score (nSPS) is 14.3. The number of benzene rings is 2. The molecule has 1 heterocycles. The van der Waals surface area contributed by atoms with Crippen molar-refractivity contribution in [1.29, 1.82) is 0 Å². The van der Waals surface area contributed by atoms with Crippen molar-refractivity contribution >= 4 is 62.2 Å². The maximum atomic E-state index is 12.8. The van der Waals surface area contributed by atoms with E-state index in [0.29, 0.717) is 16.9 Å². The summed E-state index contributed by atoms with van der Waals surface area (Å²) in [4.78, 5) is 37.3. The van der Waals surface area contributed by atoms with Crippen LogP contribution in [0, 0.1) is 0 Å². The number of hydrogen-bond donors (Lipinski definition) is 1. The van der Waals surface area contributed by atoms with Crippen LogP contribution in [0.5, 0.6) is 0 Å². The first-order valence-corrected chi connectivity index (χ1v) is 8.47. The molecule has 0 unspecified atom stereocenters. The third kappa shape index (κ3) is 3.36. The van der Waals surface area contributed by atoms with Gasteiger partial charge in [-0.15, -0.1) is 0 Å². The Morgan fingerprint density at radius 1 is 1.00 bits per heavy atom. The summed E-state index contributed by atoms with van der Waals surface area (Å²) in [5.74, 6) is -1.24. The second-order valence-electron chi connectivity index (χ2n) is 5.37. The van der Waals surface area contributed by atoms with Gasteiger partial charge in [0.2, 0.25) is 5.91 Å². The zero-order valence-corrected chi connectivity index (χ0v) is 15.4. The Hall–Kier alpha value is -2.44. The van der Waals surface area contributed by atoms with E-state index in [0.717, 1.165) is 9.37 Å². The Balaban J connectivity index is 1.94. The standard InChI is InChI=1S/C18H12BrClN2O3/c1-10(23)21-13-6-2-11(3-7-13)15-16(20)18(25)22(17(15)24)14-8-4-12(19)5-9-14/h2-9H,1H3,(H,21,23). The summed E-state index contributed by atoms with van der Waals surface area (Å²) in [5.41, 5.74) is 1.69. The molecule has 0 atom stereocenters. The van der Waals surface area contributed by atoms with Crippen molar-refractivity contribution in [3.63, 3.8) is 0 Å². The summed E-state index contributed by atoms with van der Waals surface area (Å²) in [6.07, 6.45) is 0. The van der Waals surface area contributed by atoms with Gasteiger partial charge in [-0.2, -0.15) is 0 Å². The average Bonchev–Trinajstić information content (AvgIpc) is 2.79. The highest BCUT2D eigenvalue weighted by molar-refractivity contribution is 9.10. The molecule has 1 aliphatic rings. The molecule has 1 N–H and O–H groups in total. The van der Waals surface area contributed by atoms with Crippen LogP contribution in [0.2, 0.25) is 0 Å². The fraction of sp³-hybridized carbons (Fsp3) is 0.0556. The number of anilines is 2. The Morgan fingerprint density at radius 2 is 1.60 bits per heavy atom. The van der Waals surface area contributed by atoms with Gasteiger partial charge >= 0.3 is 0 Å². The van der Waals surface area contributed by atoms with Crippen LogP contribution in [-0.4, -0.2) is 17.7 Å². The van der Waals surface area contributed by atoms with Crippen molar-refractivity contribution in [2.24, 2.45) is 0 Å². The largest absolute Gasteiger partial charge is 0.326 e. The first-order chi connectivity index (χ1) is 11.9. The van der Waals surface area contributed by atoms with Gasteiger partial charge in [0.1, 0.15) is 5.03 Å². The van der Waals surface area contributed by atoms with Crippen molar-refractivity contribution in [3.8, 4) is 0 Å². The van der Waals surface area contributed by atoms with E-state index in [1.165, 1.54) is 6.92 Å². The van der Waals surface area contributed by atoms with Crippen molar-refractivity contribution in [2.45, 2.75) is 6.92 Å². The van der Waals surface area contributed by atoms with Crippen LogP contribution in [0.3, 0.4) is 0 Å². The molecular formula is C18H12BrClN2O3. The van der Waals surface area contributed by atoms with Crippen LogP contribution < -0.4 is 10.2 Å². The highest BCUT2D eigenvalue weighted by atomic mass is 79.9. The molecular weight excluding hydrogens is 408 g/mol. The minimum atomic E-state index is -0.560. The predicted octanol–water partition coefficient (Wildman–Crippen LogP) is 3.93. The molecule has 0 spiro atoms. The van der Waals surface area contributed by atoms with E-state index in [2.05, 4.69) is 21.2 Å². The SMILES string of the molecule is CC(=O)Nc1ccc(C2=C(Cl)C(=O)N(c3ccc(Br)cc3)C2=O)cc1. The molecule has 0 aromatic heterocycles. The number of carbonyl (C=O) groups is 3. The quantitative estimate of drug-likeness (QED) is 0.767. The molecule has 0 saturated carbocycles. The van der Waals surface area contributed by atoms with Gasteiger partial charge in [-0.3, -0.25) is 14.4 Å². The van der Waals surface area contributed by atoms with E-state index in [-0.39, 0.29) is 16.5 Å². The molecule has 25 heavy (non-hydrogen) atoms. The second-order valence-corrected chi connectivity index (χ2v) is 6.66. The molecule has 7 heteroatoms. The van der Waals surface area contributed by atoms with Gasteiger partial charge in [0.05, 0.1) is 11.3 Å². The molecule has 1 aliphatic heterocycles. The number of imide groups is 1. The minimum absolute atomic E-state index is 0.125. The lowest BCUT2D eigenvalue weighted by atomic mass is 10.1. The summed E-state index contributed by atoms with van der Waals surface area (Å²) < 4.78 is 0.836. The van der Waals surface area contributed by atoms with E-state index in [1.54, 1.807) is 48.5 Å². The monoisotopic (exact) mass is 418 g/mol. The molecule has 126 valence electrons. The molecule has 2 aromatic rings. The number of rotatable bonds is 3. The van der Waals surface area contributed by atoms with Gasteiger partial charge in [0.25, 0.3) is 11.8 Å². The summed E-state index contributed by atoms with van der Waals surface area (Å²) in [5, 5.41) is 2.51. The molecule has 0 radical (unpaired) electrons. The number of hydrogen-bond acceptors (Lipinski definition) is 3. The van der Waals surface area contributed by atoms with E-state index < -0.39 is 11.8 Å². The predicted molar refractivity (Wildman–Crippen MR) is 100 cm³/mol. The number of nitrogens with zero attached hydrogens (tertiary/aromatic N) is 1. The van der Waals surface area contributed by atoms with E-state index >= 15 is 0 Å². The second kappa shape index (κ2) is 6.82. The first-order valence-electron chi connectivity index (χ1n) is 7.30. The summed E-state index contributed by atoms with van der Waals surface area (Å²) in [6.45, 7) is 1.41. The van der Waals surface area contributed by atoms with Crippen LogP contribution in [0.1, 0.15) is 12.5 Å². The van der Waals surface area contributed by atoms with Gasteiger partial charge in [-0.05, 0) is 42.0 Å². The molecule has 2 aromatic carbocycles. The van der Waals surface area contributed by atoms with Crippen LogP contribution >= 0.6 is 27.5 Å². The van der Waals surface area contributed by atoms with Crippen molar-refractivity contribution in [2.75, 3.05) is 10.2 Å². The molecule has 0 fully saturated rings. The lowest BCUT2D eigenvalue weighted by Crippen LogP contribution is -2.31. The molecule has 0 bridgehead atoms. The molecule has 3 amide bonds. The summed E-state index contributed by atoms with van der Waals surface area (Å²) >= 11 is 9.46. The highest BCUT2D eigenvalue weighted by Gasteiger charge is 2.39. The first kappa shape index (κ1) is 17.4. The van der Waals surface area contributed by atoms with Crippen LogP contribution in [-0.2, 0) is 14.4 Å². The molecule has 5 nitrogen and oxygen atoms in total. The summed E-state index contributed by atoms with van der Waals surface area (Å²) in [7, 11) is 0. The molecule has 0 aliphatic carbocycles. The molecule has 3 rings (SSSR count). The Morgan fingerprint density at radius 3 is 2.16 bits per heavy atom. The van der Waals surface area contributed by atoms with Crippen molar-refractivity contribution in [3.05, 3.63) is 63.6 Å². The minimum Gasteiger partial charge on any atom is -0.326 e. The third-order valence-electron chi connectivity index (χ3n) is 3.61. The fourth-order valence-electron chi connectivity index (χ4n) is 2.50. The van der Waals surface area contributed by atoms with Gasteiger partial charge in [-0.1, -0.05) is 39.7 Å². The van der Waals surface area contributed by atoms with Gasteiger partial charge in [0, 0.05) is 17.1 Å². The van der Waals surface area contributed by atoms with Gasteiger partial charge in [0.15, 0.2) is 0 Å². The number of carbonyl (C=O) groups excluding carboxylic acids is 3. The zero-order valence-electron chi connectivity index (χ0n) is 13.0. The zero-order chi connectivity index (χ0) is 18.1. The number of amides is 3. The van der Waals surface area contributed by atoms with E-state index in [1.807, 2.05) is 0 Å². The number of nitrogens with one attached hydrogen (secondary N) is 1. The lowest BCUT2D eigenvalue weighted by molar-refractivity contribution is -0.120. The van der Waals surface area contributed by atoms with Crippen molar-refractivity contribution < 1.29 is 14.4 Å². The lowest BCUT2D eigenvalue weighted by Gasteiger charge is -2.15. The van der Waals surface area contributed by atoms with Gasteiger partial charge < -0.3 is 5.32 Å². The van der Waals surface area contributed by atoms with E-state index in [4.69, 9.17) is 11.6 Å². The maximum absolute atomic E-state index is 12.8. The van der Waals surface area contributed by atoms with Crippen molar-refractivity contribution in [1.82, 2.24) is 0 Å². The van der Waals surface area contributed by atoms with Crippen LogP contribution in [0.25, 0.3) is 5.57 Å². The van der Waals surface area contributed by atoms with Crippen LogP contribution in [0.4, 0.5) is 11.4 Å². The summed E-state index contributed by atoms with van der Waals surface area (Å²) in [6, 6.07) is 13.4. The fourth-order valence-corrected chi connectivity index (χ4v) is 3.04. The Kier molecular flexibility index (Phi) is 4.74. The van der Waals surface area contributed by atoms with Crippen LogP contribution in [0.15, 0.2) is 58.0 Å². The average molecular weight is 420 g/mol. The Labute approximate surface area is 157 Å². The van der Waals surface area contributed by atoms with E-state index in [9.17, 15) is 14.4 Å². The molecule has 0 saturated heterocycles. The topological polar surface area (TPSA) is 66.5 Å². The third-order valence-corrected chi connectivity index (χ3v) is 4.49. The maximum Gasteiger partial charge on any atom is 0.277 e.